The van der Waals surface area contributed by atoms with Crippen molar-refractivity contribution in [3.8, 4) is 11.8 Å². The maximum Gasteiger partial charge on any atom is 0.226 e. The molecule has 2 aromatic rings. The molecule has 130 valence electrons. The molecule has 3 heteroatoms. The van der Waals surface area contributed by atoms with Crippen LogP contribution in [0.2, 0.25) is 0 Å². The molecule has 1 N–H and O–H groups in total. The Labute approximate surface area is 150 Å². The van der Waals surface area contributed by atoms with Gasteiger partial charge in [-0.1, -0.05) is 76.1 Å². The molecular weight excluding hydrogens is 308 g/mol. The highest BCUT2D eigenvalue weighted by Gasteiger charge is 2.35. The quantitative estimate of drug-likeness (QED) is 0.783. The maximum atomic E-state index is 12.6. The fraction of sp³-hybridized carbons (Fsp3) is 0.455. The van der Waals surface area contributed by atoms with E-state index in [2.05, 4.69) is 28.2 Å². The molecule has 25 heavy (non-hydrogen) atoms. The van der Waals surface area contributed by atoms with Crippen LogP contribution in [-0.4, -0.2) is 16.4 Å². The second-order valence-electron chi connectivity index (χ2n) is 8.01. The van der Waals surface area contributed by atoms with Crippen LogP contribution in [0, 0.1) is 17.3 Å². The molecule has 1 fully saturated rings. The van der Waals surface area contributed by atoms with E-state index >= 15 is 0 Å². The van der Waals surface area contributed by atoms with Crippen molar-refractivity contribution < 1.29 is 4.79 Å². The predicted molar refractivity (Wildman–Crippen MR) is 102 cm³/mol. The molecule has 1 saturated carbocycles. The highest BCUT2D eigenvalue weighted by molar-refractivity contribution is 5.87. The van der Waals surface area contributed by atoms with Crippen LogP contribution < -0.4 is 5.32 Å². The van der Waals surface area contributed by atoms with Crippen LogP contribution in [0.25, 0.3) is 10.8 Å². The van der Waals surface area contributed by atoms with Gasteiger partial charge in [0, 0.05) is 28.6 Å². The number of fused-ring (bicyclic) bond motifs is 1. The first kappa shape index (κ1) is 17.5. The first-order chi connectivity index (χ1) is 11.9. The van der Waals surface area contributed by atoms with Gasteiger partial charge in [0.2, 0.25) is 5.91 Å². The molecule has 3 nitrogen and oxygen atoms in total. The molecule has 1 aliphatic rings. The number of carbonyl (C=O) groups is 1. The minimum Gasteiger partial charge on any atom is -0.339 e. The molecule has 1 aromatic carbocycles. The number of nitrogens with zero attached hydrogens (tertiary/aromatic N) is 1. The summed E-state index contributed by atoms with van der Waals surface area (Å²) in [6, 6.07) is 8.15. The van der Waals surface area contributed by atoms with Crippen LogP contribution in [0.5, 0.6) is 0 Å². The largest absolute Gasteiger partial charge is 0.339 e. The summed E-state index contributed by atoms with van der Waals surface area (Å²) in [5.74, 6) is 6.82. The summed E-state index contributed by atoms with van der Waals surface area (Å²) >= 11 is 0. The van der Waals surface area contributed by atoms with E-state index in [1.54, 1.807) is 0 Å². The normalized spacial score (nSPS) is 16.8. The lowest BCUT2D eigenvalue weighted by Crippen LogP contribution is -2.52. The second kappa shape index (κ2) is 6.88. The van der Waals surface area contributed by atoms with Crippen molar-refractivity contribution in [2.75, 3.05) is 0 Å². The van der Waals surface area contributed by atoms with E-state index in [1.807, 2.05) is 51.4 Å². The van der Waals surface area contributed by atoms with Crippen LogP contribution in [0.1, 0.15) is 58.4 Å². The van der Waals surface area contributed by atoms with E-state index in [0.717, 1.165) is 42.0 Å². The third kappa shape index (κ3) is 4.02. The summed E-state index contributed by atoms with van der Waals surface area (Å²) in [6.45, 7) is 5.84. The molecule has 3 rings (SSSR count). The van der Waals surface area contributed by atoms with Gasteiger partial charge in [-0.25, -0.2) is 0 Å². The summed E-state index contributed by atoms with van der Waals surface area (Å²) in [7, 11) is 0. The van der Waals surface area contributed by atoms with Crippen molar-refractivity contribution in [2.24, 2.45) is 5.41 Å². The third-order valence-corrected chi connectivity index (χ3v) is 4.85. The monoisotopic (exact) mass is 334 g/mol. The van der Waals surface area contributed by atoms with E-state index in [4.69, 9.17) is 0 Å². The average Bonchev–Trinajstić information content (AvgIpc) is 2.60. The smallest absolute Gasteiger partial charge is 0.226 e. The molecule has 0 radical (unpaired) electrons. The first-order valence-corrected chi connectivity index (χ1v) is 9.08. The number of hydrogen-bond acceptors (Lipinski definition) is 2. The number of benzene rings is 1. The Morgan fingerprint density at radius 3 is 2.56 bits per heavy atom. The van der Waals surface area contributed by atoms with Gasteiger partial charge in [0.15, 0.2) is 0 Å². The zero-order valence-corrected chi connectivity index (χ0v) is 15.4. The van der Waals surface area contributed by atoms with Gasteiger partial charge in [0.25, 0.3) is 0 Å². The topological polar surface area (TPSA) is 42.0 Å². The van der Waals surface area contributed by atoms with Crippen molar-refractivity contribution >= 4 is 16.7 Å². The van der Waals surface area contributed by atoms with Gasteiger partial charge in [0.05, 0.1) is 5.56 Å². The fourth-order valence-corrected chi connectivity index (χ4v) is 3.24. The van der Waals surface area contributed by atoms with Crippen molar-refractivity contribution in [3.63, 3.8) is 0 Å². The number of carbonyl (C=O) groups excluding carboxylic acids is 1. The van der Waals surface area contributed by atoms with Crippen molar-refractivity contribution in [2.45, 2.75) is 58.4 Å². The number of amides is 1. The lowest BCUT2D eigenvalue weighted by atomic mass is 9.80. The summed E-state index contributed by atoms with van der Waals surface area (Å²) in [5.41, 5.74) is 0.0974. The molecule has 0 spiro atoms. The molecule has 1 aliphatic carbocycles. The number of pyridine rings is 1. The molecule has 0 saturated heterocycles. The zero-order valence-electron chi connectivity index (χ0n) is 15.4. The predicted octanol–water partition coefficient (Wildman–Crippen LogP) is 4.45. The number of rotatable bonds is 1. The van der Waals surface area contributed by atoms with Gasteiger partial charge in [-0.15, -0.1) is 0 Å². The van der Waals surface area contributed by atoms with Crippen molar-refractivity contribution in [1.29, 1.82) is 0 Å². The lowest BCUT2D eigenvalue weighted by molar-refractivity contribution is -0.130. The molecule has 1 heterocycles. The zero-order chi connectivity index (χ0) is 17.9. The first-order valence-electron chi connectivity index (χ1n) is 9.08. The number of hydrogen-bond donors (Lipinski definition) is 1. The highest BCUT2D eigenvalue weighted by Crippen LogP contribution is 2.29. The standard InChI is InChI=1S/C22H26N2O/c1-21(2,3)20(25)24-22(12-7-4-8-13-22)14-11-18-16-23-15-17-9-5-6-10-19(17)18/h5-6,9-10,15-16H,4,7-8,12-13H2,1-3H3,(H,24,25). The SMILES string of the molecule is CC(C)(C)C(=O)NC1(C#Cc2cncc3ccccc23)CCCCC1. The lowest BCUT2D eigenvalue weighted by Gasteiger charge is -2.35. The van der Waals surface area contributed by atoms with E-state index in [0.29, 0.717) is 0 Å². The second-order valence-corrected chi connectivity index (χ2v) is 8.01. The van der Waals surface area contributed by atoms with E-state index < -0.39 is 11.0 Å². The van der Waals surface area contributed by atoms with Gasteiger partial charge in [-0.05, 0) is 12.8 Å². The van der Waals surface area contributed by atoms with Gasteiger partial charge in [0.1, 0.15) is 5.54 Å². The van der Waals surface area contributed by atoms with Crippen LogP contribution >= 0.6 is 0 Å². The summed E-state index contributed by atoms with van der Waals surface area (Å²) in [4.78, 5) is 16.9. The van der Waals surface area contributed by atoms with E-state index in [-0.39, 0.29) is 5.91 Å². The Balaban J connectivity index is 1.96. The Hall–Kier alpha value is -2.34. The Morgan fingerprint density at radius 2 is 1.84 bits per heavy atom. The third-order valence-electron chi connectivity index (χ3n) is 4.85. The minimum absolute atomic E-state index is 0.0692. The average molecular weight is 334 g/mol. The van der Waals surface area contributed by atoms with Gasteiger partial charge < -0.3 is 5.32 Å². The fourth-order valence-electron chi connectivity index (χ4n) is 3.24. The van der Waals surface area contributed by atoms with Crippen molar-refractivity contribution in [1.82, 2.24) is 10.3 Å². The number of aromatic nitrogens is 1. The molecule has 1 aromatic heterocycles. The molecule has 0 bridgehead atoms. The number of nitrogens with one attached hydrogen (secondary N) is 1. The molecule has 0 aliphatic heterocycles. The van der Waals surface area contributed by atoms with Crippen LogP contribution in [0.3, 0.4) is 0 Å². The highest BCUT2D eigenvalue weighted by atomic mass is 16.2. The summed E-state index contributed by atoms with van der Waals surface area (Å²) < 4.78 is 0. The molecule has 0 atom stereocenters. The summed E-state index contributed by atoms with van der Waals surface area (Å²) in [5, 5.41) is 5.46. The van der Waals surface area contributed by atoms with Crippen molar-refractivity contribution in [3.05, 3.63) is 42.2 Å². The maximum absolute atomic E-state index is 12.6. The molecular formula is C22H26N2O. The van der Waals surface area contributed by atoms with Crippen LogP contribution in [0.4, 0.5) is 0 Å². The van der Waals surface area contributed by atoms with Gasteiger partial charge >= 0.3 is 0 Å². The van der Waals surface area contributed by atoms with E-state index in [9.17, 15) is 4.79 Å². The molecule has 0 unspecified atom stereocenters. The minimum atomic E-state index is -0.417. The Morgan fingerprint density at radius 1 is 1.12 bits per heavy atom. The van der Waals surface area contributed by atoms with Gasteiger partial charge in [-0.2, -0.15) is 0 Å². The Bertz CT molecular complexity index is 825. The van der Waals surface area contributed by atoms with Crippen LogP contribution in [0.15, 0.2) is 36.7 Å². The van der Waals surface area contributed by atoms with E-state index in [1.165, 1.54) is 6.42 Å². The van der Waals surface area contributed by atoms with Gasteiger partial charge in [-0.3, -0.25) is 9.78 Å². The molecule has 1 amide bonds. The summed E-state index contributed by atoms with van der Waals surface area (Å²) in [6.07, 6.45) is 8.93. The van der Waals surface area contributed by atoms with Crippen LogP contribution in [-0.2, 0) is 4.79 Å². The Kier molecular flexibility index (Phi) is 4.81.